The Morgan fingerprint density at radius 3 is 2.80 bits per heavy atom. The molecule has 0 atom stereocenters. The van der Waals surface area contributed by atoms with Crippen LogP contribution in [0.25, 0.3) is 0 Å². The topological polar surface area (TPSA) is 21.3 Å². The van der Waals surface area contributed by atoms with E-state index in [1.807, 2.05) is 0 Å². The Hall–Kier alpha value is -1.02. The van der Waals surface area contributed by atoms with Crippen LogP contribution in [0.15, 0.2) is 24.3 Å². The van der Waals surface area contributed by atoms with E-state index in [1.54, 1.807) is 0 Å². The number of hydrogen-bond acceptors (Lipinski definition) is 2. The highest BCUT2D eigenvalue weighted by molar-refractivity contribution is 5.45. The summed E-state index contributed by atoms with van der Waals surface area (Å²) in [7, 11) is 0. The highest BCUT2D eigenvalue weighted by Gasteiger charge is 1.94. The van der Waals surface area contributed by atoms with E-state index in [-0.39, 0.29) is 0 Å². The Morgan fingerprint density at radius 1 is 1.33 bits per heavy atom. The van der Waals surface area contributed by atoms with Crippen LogP contribution in [0, 0.1) is 12.8 Å². The first kappa shape index (κ1) is 12.1. The molecule has 0 radical (unpaired) electrons. The Balaban J connectivity index is 2.15. The zero-order valence-electron chi connectivity index (χ0n) is 9.92. The van der Waals surface area contributed by atoms with Gasteiger partial charge in [0, 0.05) is 18.8 Å². The molecule has 0 aliphatic heterocycles. The van der Waals surface area contributed by atoms with E-state index < -0.39 is 0 Å². The highest BCUT2D eigenvalue weighted by Crippen LogP contribution is 2.08. The third-order valence-electron chi connectivity index (χ3n) is 2.04. The van der Waals surface area contributed by atoms with Crippen LogP contribution in [-0.4, -0.2) is 19.8 Å². The molecule has 15 heavy (non-hydrogen) atoms. The van der Waals surface area contributed by atoms with Crippen LogP contribution >= 0.6 is 0 Å². The molecule has 0 heterocycles. The molecule has 2 nitrogen and oxygen atoms in total. The third-order valence-corrected chi connectivity index (χ3v) is 2.04. The summed E-state index contributed by atoms with van der Waals surface area (Å²) < 4.78 is 5.48. The van der Waals surface area contributed by atoms with E-state index >= 15 is 0 Å². The van der Waals surface area contributed by atoms with E-state index in [4.69, 9.17) is 4.74 Å². The molecule has 0 fully saturated rings. The summed E-state index contributed by atoms with van der Waals surface area (Å²) in [5, 5.41) is 3.33. The van der Waals surface area contributed by atoms with E-state index in [0.29, 0.717) is 5.92 Å². The summed E-state index contributed by atoms with van der Waals surface area (Å²) in [4.78, 5) is 0. The Labute approximate surface area is 92.6 Å². The minimum atomic E-state index is 0.615. The molecule has 84 valence electrons. The molecule has 1 aromatic rings. The number of nitrogens with one attached hydrogen (secondary N) is 1. The maximum absolute atomic E-state index is 5.48. The summed E-state index contributed by atoms with van der Waals surface area (Å²) in [6, 6.07) is 8.38. The van der Waals surface area contributed by atoms with Crippen molar-refractivity contribution in [2.45, 2.75) is 20.8 Å². The van der Waals surface area contributed by atoms with Gasteiger partial charge in [0.15, 0.2) is 0 Å². The lowest BCUT2D eigenvalue weighted by Crippen LogP contribution is -2.12. The lowest BCUT2D eigenvalue weighted by molar-refractivity contribution is 0.118. The Kier molecular flexibility index (Phi) is 5.19. The second kappa shape index (κ2) is 6.46. The van der Waals surface area contributed by atoms with Gasteiger partial charge in [0.2, 0.25) is 0 Å². The van der Waals surface area contributed by atoms with Gasteiger partial charge in [-0.05, 0) is 30.5 Å². The van der Waals surface area contributed by atoms with Gasteiger partial charge in [-0.2, -0.15) is 0 Å². The fraction of sp³-hybridized carbons (Fsp3) is 0.538. The van der Waals surface area contributed by atoms with Crippen LogP contribution in [-0.2, 0) is 4.74 Å². The van der Waals surface area contributed by atoms with Gasteiger partial charge in [0.25, 0.3) is 0 Å². The maximum atomic E-state index is 5.48. The average molecular weight is 207 g/mol. The van der Waals surface area contributed by atoms with Crippen molar-refractivity contribution in [2.24, 2.45) is 5.92 Å². The molecule has 0 saturated carbocycles. The molecule has 0 unspecified atom stereocenters. The van der Waals surface area contributed by atoms with Crippen LogP contribution in [0.1, 0.15) is 19.4 Å². The average Bonchev–Trinajstić information content (AvgIpc) is 2.17. The quantitative estimate of drug-likeness (QED) is 0.724. The van der Waals surface area contributed by atoms with Crippen molar-refractivity contribution in [3.63, 3.8) is 0 Å². The number of benzene rings is 1. The zero-order chi connectivity index (χ0) is 11.1. The number of aryl methyl sites for hydroxylation is 1. The minimum Gasteiger partial charge on any atom is -0.383 e. The van der Waals surface area contributed by atoms with Crippen molar-refractivity contribution >= 4 is 5.69 Å². The fourth-order valence-electron chi connectivity index (χ4n) is 1.34. The smallest absolute Gasteiger partial charge is 0.0639 e. The fourth-order valence-corrected chi connectivity index (χ4v) is 1.34. The number of anilines is 1. The first-order chi connectivity index (χ1) is 7.18. The second-order valence-corrected chi connectivity index (χ2v) is 4.27. The van der Waals surface area contributed by atoms with E-state index in [1.165, 1.54) is 11.3 Å². The van der Waals surface area contributed by atoms with Crippen molar-refractivity contribution in [1.29, 1.82) is 0 Å². The van der Waals surface area contributed by atoms with Gasteiger partial charge in [-0.3, -0.25) is 0 Å². The molecular formula is C13H21NO. The number of ether oxygens (including phenoxy) is 1. The molecule has 0 spiro atoms. The van der Waals surface area contributed by atoms with Crippen LogP contribution in [0.4, 0.5) is 5.69 Å². The molecule has 1 rings (SSSR count). The molecule has 0 saturated heterocycles. The predicted molar refractivity (Wildman–Crippen MR) is 65.3 cm³/mol. The van der Waals surface area contributed by atoms with Gasteiger partial charge >= 0.3 is 0 Å². The molecule has 0 aliphatic rings. The van der Waals surface area contributed by atoms with Crippen LogP contribution < -0.4 is 5.32 Å². The summed E-state index contributed by atoms with van der Waals surface area (Å²) in [6.45, 7) is 8.90. The largest absolute Gasteiger partial charge is 0.383 e. The zero-order valence-corrected chi connectivity index (χ0v) is 9.92. The van der Waals surface area contributed by atoms with Crippen molar-refractivity contribution in [3.05, 3.63) is 29.8 Å². The van der Waals surface area contributed by atoms with Crippen molar-refractivity contribution in [1.82, 2.24) is 0 Å². The summed E-state index contributed by atoms with van der Waals surface area (Å²) >= 11 is 0. The van der Waals surface area contributed by atoms with Crippen LogP contribution in [0.2, 0.25) is 0 Å². The molecular weight excluding hydrogens is 186 g/mol. The summed E-state index contributed by atoms with van der Waals surface area (Å²) in [5.74, 6) is 0.615. The standard InChI is InChI=1S/C13H21NO/c1-11(2)10-15-8-7-14-13-6-4-5-12(3)9-13/h4-6,9,11,14H,7-8,10H2,1-3H3. The molecule has 1 aromatic carbocycles. The molecule has 0 amide bonds. The van der Waals surface area contributed by atoms with Gasteiger partial charge < -0.3 is 10.1 Å². The van der Waals surface area contributed by atoms with Gasteiger partial charge in [-0.15, -0.1) is 0 Å². The second-order valence-electron chi connectivity index (χ2n) is 4.27. The molecule has 0 aromatic heterocycles. The SMILES string of the molecule is Cc1cccc(NCCOCC(C)C)c1. The lowest BCUT2D eigenvalue weighted by Gasteiger charge is -2.09. The normalized spacial score (nSPS) is 10.7. The monoisotopic (exact) mass is 207 g/mol. The van der Waals surface area contributed by atoms with Crippen LogP contribution in [0.5, 0.6) is 0 Å². The van der Waals surface area contributed by atoms with Gasteiger partial charge in [-0.25, -0.2) is 0 Å². The van der Waals surface area contributed by atoms with Crippen molar-refractivity contribution in [3.8, 4) is 0 Å². The first-order valence-corrected chi connectivity index (χ1v) is 5.57. The maximum Gasteiger partial charge on any atom is 0.0639 e. The predicted octanol–water partition coefficient (Wildman–Crippen LogP) is 3.08. The first-order valence-electron chi connectivity index (χ1n) is 5.57. The van der Waals surface area contributed by atoms with Crippen LogP contribution in [0.3, 0.4) is 0 Å². The van der Waals surface area contributed by atoms with Gasteiger partial charge in [-0.1, -0.05) is 26.0 Å². The van der Waals surface area contributed by atoms with E-state index in [2.05, 4.69) is 50.4 Å². The summed E-state index contributed by atoms with van der Waals surface area (Å²) in [6.07, 6.45) is 0. The number of rotatable bonds is 6. The lowest BCUT2D eigenvalue weighted by atomic mass is 10.2. The third kappa shape index (κ3) is 5.43. The Morgan fingerprint density at radius 2 is 2.13 bits per heavy atom. The Bertz CT molecular complexity index is 284. The van der Waals surface area contributed by atoms with Gasteiger partial charge in [0.1, 0.15) is 0 Å². The van der Waals surface area contributed by atoms with E-state index in [0.717, 1.165) is 19.8 Å². The minimum absolute atomic E-state index is 0.615. The van der Waals surface area contributed by atoms with Gasteiger partial charge in [0.05, 0.1) is 6.61 Å². The van der Waals surface area contributed by atoms with Crippen molar-refractivity contribution in [2.75, 3.05) is 25.1 Å². The summed E-state index contributed by atoms with van der Waals surface area (Å²) in [5.41, 5.74) is 2.45. The number of hydrogen-bond donors (Lipinski definition) is 1. The molecule has 0 bridgehead atoms. The molecule has 0 aliphatic carbocycles. The van der Waals surface area contributed by atoms with E-state index in [9.17, 15) is 0 Å². The highest BCUT2D eigenvalue weighted by atomic mass is 16.5. The molecule has 1 N–H and O–H groups in total. The molecule has 2 heteroatoms. The van der Waals surface area contributed by atoms with Crippen molar-refractivity contribution < 1.29 is 4.74 Å².